The zero-order valence-electron chi connectivity index (χ0n) is 15.6. The number of hydrogen-bond donors (Lipinski definition) is 1. The maximum Gasteiger partial charge on any atom is 0.573 e. The molecule has 2 aromatic rings. The lowest BCUT2D eigenvalue weighted by Crippen LogP contribution is -2.16. The second-order valence-electron chi connectivity index (χ2n) is 6.49. The number of benzene rings is 1. The lowest BCUT2D eigenvalue weighted by molar-refractivity contribution is -0.274. The summed E-state index contributed by atoms with van der Waals surface area (Å²) in [6.45, 7) is 0. The van der Waals surface area contributed by atoms with Crippen molar-refractivity contribution in [1.29, 1.82) is 0 Å². The second-order valence-corrected chi connectivity index (χ2v) is 6.49. The van der Waals surface area contributed by atoms with Gasteiger partial charge in [-0.1, -0.05) is 30.4 Å². The van der Waals surface area contributed by atoms with Gasteiger partial charge in [-0.15, -0.1) is 13.2 Å². The third-order valence-corrected chi connectivity index (χ3v) is 4.33. The average molecular weight is 414 g/mol. The van der Waals surface area contributed by atoms with Crippen molar-refractivity contribution in [2.45, 2.75) is 19.2 Å². The van der Waals surface area contributed by atoms with Crippen LogP contribution in [0.2, 0.25) is 0 Å². The highest BCUT2D eigenvalue weighted by Gasteiger charge is 2.31. The topological polar surface area (TPSA) is 52.6 Å². The van der Waals surface area contributed by atoms with Crippen molar-refractivity contribution < 1.29 is 27.4 Å². The number of halogens is 3. The molecule has 4 rings (SSSR count). The first kappa shape index (κ1) is 19.6. The molecule has 0 bridgehead atoms. The minimum absolute atomic E-state index is 0.275. The van der Waals surface area contributed by atoms with Crippen molar-refractivity contribution in [3.63, 3.8) is 0 Å². The molecule has 0 atom stereocenters. The predicted octanol–water partition coefficient (Wildman–Crippen LogP) is 6.02. The highest BCUT2D eigenvalue weighted by molar-refractivity contribution is 5.67. The fourth-order valence-corrected chi connectivity index (χ4v) is 2.98. The van der Waals surface area contributed by atoms with E-state index in [-0.39, 0.29) is 5.75 Å². The SMILES string of the molecule is FC(F)(F)Oc1ccc(-c2ccnc(NC3=COC=C(C4=CC=CCC4)O3)c2)cc1. The third-order valence-electron chi connectivity index (χ3n) is 4.33. The van der Waals surface area contributed by atoms with Crippen LogP contribution in [-0.4, -0.2) is 11.3 Å². The maximum atomic E-state index is 12.3. The summed E-state index contributed by atoms with van der Waals surface area (Å²) in [4.78, 5) is 4.26. The predicted molar refractivity (Wildman–Crippen MR) is 105 cm³/mol. The van der Waals surface area contributed by atoms with Crippen LogP contribution in [0.5, 0.6) is 5.75 Å². The third kappa shape index (κ3) is 5.02. The van der Waals surface area contributed by atoms with E-state index in [0.717, 1.165) is 24.0 Å². The Hall–Kier alpha value is -3.68. The summed E-state index contributed by atoms with van der Waals surface area (Å²) in [5.74, 6) is 1.22. The molecule has 1 aliphatic carbocycles. The number of anilines is 1. The Balaban J connectivity index is 1.44. The summed E-state index contributed by atoms with van der Waals surface area (Å²) in [7, 11) is 0. The molecule has 2 aliphatic rings. The molecule has 30 heavy (non-hydrogen) atoms. The van der Waals surface area contributed by atoms with E-state index < -0.39 is 6.36 Å². The minimum Gasteiger partial charge on any atom is -0.463 e. The van der Waals surface area contributed by atoms with Crippen LogP contribution < -0.4 is 10.1 Å². The Bertz CT molecular complexity index is 1040. The molecule has 0 spiro atoms. The highest BCUT2D eigenvalue weighted by Crippen LogP contribution is 2.29. The Morgan fingerprint density at radius 3 is 2.60 bits per heavy atom. The van der Waals surface area contributed by atoms with Crippen molar-refractivity contribution >= 4 is 5.82 Å². The summed E-state index contributed by atoms with van der Waals surface area (Å²) < 4.78 is 52.1. The van der Waals surface area contributed by atoms with E-state index in [9.17, 15) is 13.2 Å². The Morgan fingerprint density at radius 2 is 1.87 bits per heavy atom. The number of allylic oxidation sites excluding steroid dienone is 4. The van der Waals surface area contributed by atoms with Gasteiger partial charge in [-0.3, -0.25) is 0 Å². The van der Waals surface area contributed by atoms with Crippen LogP contribution in [0, 0.1) is 0 Å². The van der Waals surface area contributed by atoms with Crippen molar-refractivity contribution in [1.82, 2.24) is 4.98 Å². The molecule has 0 fully saturated rings. The van der Waals surface area contributed by atoms with Gasteiger partial charge in [0, 0.05) is 6.20 Å². The van der Waals surface area contributed by atoms with E-state index in [4.69, 9.17) is 9.47 Å². The maximum absolute atomic E-state index is 12.3. The van der Waals surface area contributed by atoms with Crippen molar-refractivity contribution in [2.24, 2.45) is 0 Å². The van der Waals surface area contributed by atoms with Gasteiger partial charge in [0.25, 0.3) is 0 Å². The summed E-state index contributed by atoms with van der Waals surface area (Å²) in [6, 6.07) is 9.13. The van der Waals surface area contributed by atoms with E-state index in [0.29, 0.717) is 23.0 Å². The number of nitrogens with one attached hydrogen (secondary N) is 1. The zero-order chi connectivity index (χ0) is 21.0. The van der Waals surface area contributed by atoms with Crippen LogP contribution in [0.15, 0.2) is 90.6 Å². The first-order chi connectivity index (χ1) is 14.5. The normalized spacial score (nSPS) is 15.9. The van der Waals surface area contributed by atoms with Crippen molar-refractivity contribution in [2.75, 3.05) is 5.32 Å². The molecule has 1 aromatic heterocycles. The van der Waals surface area contributed by atoms with E-state index in [1.165, 1.54) is 18.4 Å². The van der Waals surface area contributed by atoms with Gasteiger partial charge in [-0.05, 0) is 53.8 Å². The van der Waals surface area contributed by atoms with Gasteiger partial charge >= 0.3 is 6.36 Å². The molecular weight excluding hydrogens is 397 g/mol. The number of pyridine rings is 1. The number of hydrogen-bond acceptors (Lipinski definition) is 5. The molecular formula is C22H17F3N2O3. The van der Waals surface area contributed by atoms with E-state index in [1.807, 2.05) is 12.2 Å². The smallest absolute Gasteiger partial charge is 0.463 e. The van der Waals surface area contributed by atoms with Crippen LogP contribution in [0.3, 0.4) is 0 Å². The molecule has 0 radical (unpaired) electrons. The minimum atomic E-state index is -4.72. The largest absolute Gasteiger partial charge is 0.573 e. The fourth-order valence-electron chi connectivity index (χ4n) is 2.98. The average Bonchev–Trinajstić information content (AvgIpc) is 2.74. The molecule has 0 saturated heterocycles. The van der Waals surface area contributed by atoms with Crippen LogP contribution in [-0.2, 0) is 9.47 Å². The van der Waals surface area contributed by atoms with Gasteiger partial charge < -0.3 is 19.5 Å². The lowest BCUT2D eigenvalue weighted by Gasteiger charge is -2.20. The van der Waals surface area contributed by atoms with E-state index >= 15 is 0 Å². The fraction of sp³-hybridized carbons (Fsp3) is 0.136. The molecule has 0 amide bonds. The van der Waals surface area contributed by atoms with Crippen LogP contribution >= 0.6 is 0 Å². The van der Waals surface area contributed by atoms with Crippen LogP contribution in [0.1, 0.15) is 12.8 Å². The van der Waals surface area contributed by atoms with Gasteiger partial charge in [0.15, 0.2) is 12.0 Å². The van der Waals surface area contributed by atoms with E-state index in [2.05, 4.69) is 21.1 Å². The number of nitrogens with zero attached hydrogens (tertiary/aromatic N) is 1. The molecule has 5 nitrogen and oxygen atoms in total. The molecule has 1 aromatic carbocycles. The summed E-state index contributed by atoms with van der Waals surface area (Å²) >= 11 is 0. The number of aromatic nitrogens is 1. The lowest BCUT2D eigenvalue weighted by atomic mass is 10.0. The van der Waals surface area contributed by atoms with Crippen LogP contribution in [0.25, 0.3) is 11.1 Å². The van der Waals surface area contributed by atoms with Gasteiger partial charge in [-0.25, -0.2) is 4.98 Å². The van der Waals surface area contributed by atoms with Gasteiger partial charge in [0.1, 0.15) is 17.8 Å². The molecule has 2 heterocycles. The summed E-state index contributed by atoms with van der Waals surface area (Å²) in [5, 5.41) is 3.05. The van der Waals surface area contributed by atoms with Gasteiger partial charge in [0.2, 0.25) is 5.88 Å². The van der Waals surface area contributed by atoms with Gasteiger partial charge in [-0.2, -0.15) is 0 Å². The summed E-state index contributed by atoms with van der Waals surface area (Å²) in [6.07, 6.45) is 7.69. The second kappa shape index (κ2) is 8.36. The molecule has 8 heteroatoms. The van der Waals surface area contributed by atoms with Crippen molar-refractivity contribution in [3.05, 3.63) is 90.6 Å². The van der Waals surface area contributed by atoms with Crippen molar-refractivity contribution in [3.8, 4) is 16.9 Å². The molecule has 1 aliphatic heterocycles. The van der Waals surface area contributed by atoms with Crippen LogP contribution in [0.4, 0.5) is 19.0 Å². The van der Waals surface area contributed by atoms with E-state index in [1.54, 1.807) is 36.7 Å². The molecule has 154 valence electrons. The first-order valence-electron chi connectivity index (χ1n) is 9.15. The van der Waals surface area contributed by atoms with Gasteiger partial charge in [0.05, 0.1) is 0 Å². The Kier molecular flexibility index (Phi) is 5.47. The number of ether oxygens (including phenoxy) is 3. The summed E-state index contributed by atoms with van der Waals surface area (Å²) in [5.41, 5.74) is 2.51. The Labute approximate surface area is 170 Å². The molecule has 0 saturated carbocycles. The Morgan fingerprint density at radius 1 is 1.03 bits per heavy atom. The quantitative estimate of drug-likeness (QED) is 0.648. The number of rotatable bonds is 5. The zero-order valence-corrected chi connectivity index (χ0v) is 15.6. The number of alkyl halides is 3. The highest BCUT2D eigenvalue weighted by atomic mass is 19.4. The molecule has 1 N–H and O–H groups in total. The first-order valence-corrected chi connectivity index (χ1v) is 9.15. The standard InChI is InChI=1S/C22H17F3N2O3/c23-22(24,25)30-18-8-6-15(7-9-18)17-10-11-26-20(12-17)27-21-14-28-13-19(29-21)16-4-2-1-3-5-16/h1-2,4,6-14H,3,5H2,(H,26,27). The molecule has 0 unspecified atom stereocenters. The monoisotopic (exact) mass is 414 g/mol.